The standard InChI is InChI=1S/C23H20ClN3O4/c1-30-17-7-15(8-18(11-17)31-2)22(29)27-23-25-12-19-20(26-23)9-14(10-21(19)28)13-3-5-16(24)6-4-13/h3-8,11-12,14H,9-10H2,1-2H3,(H,25,26,27,29)/t14-/m0/s1. The summed E-state index contributed by atoms with van der Waals surface area (Å²) in [6.45, 7) is 0. The van der Waals surface area contributed by atoms with Gasteiger partial charge in [0, 0.05) is 29.3 Å². The number of amides is 1. The Labute approximate surface area is 184 Å². The molecule has 1 N–H and O–H groups in total. The molecule has 3 aromatic rings. The van der Waals surface area contributed by atoms with E-state index in [4.69, 9.17) is 21.1 Å². The van der Waals surface area contributed by atoms with Gasteiger partial charge in [0.25, 0.3) is 5.91 Å². The lowest BCUT2D eigenvalue weighted by Crippen LogP contribution is -2.22. The van der Waals surface area contributed by atoms with Gasteiger partial charge >= 0.3 is 0 Å². The number of Topliss-reactive ketones (excluding diaryl/α,β-unsaturated/α-hetero) is 1. The van der Waals surface area contributed by atoms with Crippen molar-refractivity contribution in [3.8, 4) is 11.5 Å². The highest BCUT2D eigenvalue weighted by atomic mass is 35.5. The van der Waals surface area contributed by atoms with E-state index in [9.17, 15) is 9.59 Å². The number of hydrogen-bond donors (Lipinski definition) is 1. The number of ether oxygens (including phenoxy) is 2. The Morgan fingerprint density at radius 2 is 1.74 bits per heavy atom. The van der Waals surface area contributed by atoms with E-state index in [0.717, 1.165) is 5.56 Å². The summed E-state index contributed by atoms with van der Waals surface area (Å²) >= 11 is 5.97. The zero-order chi connectivity index (χ0) is 22.0. The first kappa shape index (κ1) is 20.8. The molecule has 0 radical (unpaired) electrons. The van der Waals surface area contributed by atoms with Crippen LogP contribution in [-0.2, 0) is 6.42 Å². The second kappa shape index (κ2) is 8.73. The van der Waals surface area contributed by atoms with Crippen LogP contribution in [0.4, 0.5) is 5.95 Å². The molecule has 0 aliphatic heterocycles. The minimum atomic E-state index is -0.409. The molecule has 0 spiro atoms. The Kier molecular flexibility index (Phi) is 5.86. The Morgan fingerprint density at radius 1 is 1.06 bits per heavy atom. The maximum absolute atomic E-state index is 12.7. The van der Waals surface area contributed by atoms with Crippen molar-refractivity contribution in [2.75, 3.05) is 19.5 Å². The minimum absolute atomic E-state index is 0.00151. The van der Waals surface area contributed by atoms with Gasteiger partial charge in [-0.3, -0.25) is 14.9 Å². The zero-order valence-electron chi connectivity index (χ0n) is 17.0. The summed E-state index contributed by atoms with van der Waals surface area (Å²) in [4.78, 5) is 33.9. The zero-order valence-corrected chi connectivity index (χ0v) is 17.8. The highest BCUT2D eigenvalue weighted by Gasteiger charge is 2.28. The van der Waals surface area contributed by atoms with Crippen molar-refractivity contribution in [2.24, 2.45) is 0 Å². The number of nitrogens with zero attached hydrogens (tertiary/aromatic N) is 2. The third-order valence-electron chi connectivity index (χ3n) is 5.22. The largest absolute Gasteiger partial charge is 0.497 e. The van der Waals surface area contributed by atoms with Crippen LogP contribution in [0.3, 0.4) is 0 Å². The fourth-order valence-corrected chi connectivity index (χ4v) is 3.71. The van der Waals surface area contributed by atoms with Gasteiger partial charge in [-0.15, -0.1) is 0 Å². The molecule has 1 aliphatic carbocycles. The summed E-state index contributed by atoms with van der Waals surface area (Å²) in [5.74, 6) is 0.693. The average molecular weight is 438 g/mol. The van der Waals surface area contributed by atoms with Crippen LogP contribution >= 0.6 is 11.6 Å². The molecule has 4 rings (SSSR count). The van der Waals surface area contributed by atoms with Crippen LogP contribution in [0.5, 0.6) is 11.5 Å². The quantitative estimate of drug-likeness (QED) is 0.639. The summed E-state index contributed by atoms with van der Waals surface area (Å²) in [7, 11) is 3.02. The molecule has 1 atom stereocenters. The number of nitrogens with one attached hydrogen (secondary N) is 1. The van der Waals surface area contributed by atoms with Gasteiger partial charge in [0.05, 0.1) is 25.5 Å². The van der Waals surface area contributed by atoms with Crippen molar-refractivity contribution in [3.05, 3.63) is 76.1 Å². The normalized spacial score (nSPS) is 15.2. The summed E-state index contributed by atoms with van der Waals surface area (Å²) < 4.78 is 10.4. The van der Waals surface area contributed by atoms with Crippen molar-refractivity contribution in [2.45, 2.75) is 18.8 Å². The maximum Gasteiger partial charge on any atom is 0.258 e. The lowest BCUT2D eigenvalue weighted by molar-refractivity contribution is 0.0962. The molecule has 2 aromatic carbocycles. The van der Waals surface area contributed by atoms with Crippen LogP contribution in [0.1, 0.15) is 44.3 Å². The molecule has 0 saturated carbocycles. The fourth-order valence-electron chi connectivity index (χ4n) is 3.59. The Balaban J connectivity index is 1.57. The Hall–Kier alpha value is -3.45. The molecular weight excluding hydrogens is 418 g/mol. The number of carbonyl (C=O) groups is 2. The second-order valence-corrected chi connectivity index (χ2v) is 7.63. The lowest BCUT2D eigenvalue weighted by atomic mass is 9.82. The molecule has 0 unspecified atom stereocenters. The van der Waals surface area contributed by atoms with Crippen LogP contribution in [0.2, 0.25) is 5.02 Å². The smallest absolute Gasteiger partial charge is 0.258 e. The van der Waals surface area contributed by atoms with E-state index in [1.54, 1.807) is 18.2 Å². The second-order valence-electron chi connectivity index (χ2n) is 7.19. The first-order valence-electron chi connectivity index (χ1n) is 9.66. The molecule has 0 fully saturated rings. The monoisotopic (exact) mass is 437 g/mol. The number of methoxy groups -OCH3 is 2. The number of hydrogen-bond acceptors (Lipinski definition) is 6. The van der Waals surface area contributed by atoms with E-state index in [0.29, 0.717) is 46.2 Å². The number of halogens is 1. The minimum Gasteiger partial charge on any atom is -0.497 e. The number of benzene rings is 2. The molecular formula is C23H20ClN3O4. The van der Waals surface area contributed by atoms with Crippen LogP contribution < -0.4 is 14.8 Å². The molecule has 1 heterocycles. The molecule has 7 nitrogen and oxygen atoms in total. The van der Waals surface area contributed by atoms with Crippen LogP contribution in [0.15, 0.2) is 48.7 Å². The predicted molar refractivity (Wildman–Crippen MR) is 116 cm³/mol. The first-order valence-corrected chi connectivity index (χ1v) is 10.0. The molecule has 0 bridgehead atoms. The highest BCUT2D eigenvalue weighted by Crippen LogP contribution is 2.32. The Bertz CT molecular complexity index is 1130. The number of fused-ring (bicyclic) bond motifs is 1. The summed E-state index contributed by atoms with van der Waals surface area (Å²) in [6.07, 6.45) is 2.43. The molecule has 0 saturated heterocycles. The predicted octanol–water partition coefficient (Wildman–Crippen LogP) is 4.31. The van der Waals surface area contributed by atoms with Gasteiger partial charge in [-0.05, 0) is 42.2 Å². The van der Waals surface area contributed by atoms with Crippen LogP contribution in [0.25, 0.3) is 0 Å². The molecule has 31 heavy (non-hydrogen) atoms. The topological polar surface area (TPSA) is 90.4 Å². The Morgan fingerprint density at radius 3 is 2.39 bits per heavy atom. The van der Waals surface area contributed by atoms with Crippen molar-refractivity contribution >= 4 is 29.2 Å². The van der Waals surface area contributed by atoms with Gasteiger partial charge in [0.1, 0.15) is 11.5 Å². The van der Waals surface area contributed by atoms with E-state index >= 15 is 0 Å². The lowest BCUT2D eigenvalue weighted by Gasteiger charge is -2.23. The number of anilines is 1. The van der Waals surface area contributed by atoms with Gasteiger partial charge in [-0.25, -0.2) is 9.97 Å². The molecule has 8 heteroatoms. The summed E-state index contributed by atoms with van der Waals surface area (Å²) in [5, 5.41) is 3.33. The number of carbonyl (C=O) groups excluding carboxylic acids is 2. The van der Waals surface area contributed by atoms with Crippen molar-refractivity contribution in [1.29, 1.82) is 0 Å². The average Bonchev–Trinajstić information content (AvgIpc) is 2.78. The van der Waals surface area contributed by atoms with E-state index in [1.165, 1.54) is 20.4 Å². The van der Waals surface area contributed by atoms with Gasteiger partial charge < -0.3 is 9.47 Å². The number of aromatic nitrogens is 2. The van der Waals surface area contributed by atoms with Crippen molar-refractivity contribution in [3.63, 3.8) is 0 Å². The van der Waals surface area contributed by atoms with Gasteiger partial charge in [-0.2, -0.15) is 0 Å². The number of rotatable bonds is 5. The SMILES string of the molecule is COc1cc(OC)cc(C(=O)Nc2ncc3c(n2)C[C@H](c2ccc(Cl)cc2)CC3=O)c1. The third kappa shape index (κ3) is 4.51. The molecule has 1 aliphatic rings. The number of ketones is 1. The van der Waals surface area contributed by atoms with Crippen molar-refractivity contribution in [1.82, 2.24) is 9.97 Å². The van der Waals surface area contributed by atoms with Gasteiger partial charge in [-0.1, -0.05) is 23.7 Å². The summed E-state index contributed by atoms with van der Waals surface area (Å²) in [6, 6.07) is 12.3. The molecule has 1 amide bonds. The van der Waals surface area contributed by atoms with Gasteiger partial charge in [0.2, 0.25) is 5.95 Å². The van der Waals surface area contributed by atoms with Gasteiger partial charge in [0.15, 0.2) is 5.78 Å². The van der Waals surface area contributed by atoms with E-state index in [1.807, 2.05) is 24.3 Å². The third-order valence-corrected chi connectivity index (χ3v) is 5.47. The molecule has 1 aromatic heterocycles. The maximum atomic E-state index is 12.7. The summed E-state index contributed by atoms with van der Waals surface area (Å²) in [5.41, 5.74) is 2.47. The fraction of sp³-hybridized carbons (Fsp3) is 0.217. The van der Waals surface area contributed by atoms with E-state index < -0.39 is 5.91 Å². The van der Waals surface area contributed by atoms with Crippen LogP contribution in [-0.4, -0.2) is 35.9 Å². The first-order chi connectivity index (χ1) is 15.0. The van der Waals surface area contributed by atoms with Crippen LogP contribution in [0, 0.1) is 0 Å². The molecule has 158 valence electrons. The van der Waals surface area contributed by atoms with Crippen molar-refractivity contribution < 1.29 is 19.1 Å². The van der Waals surface area contributed by atoms with E-state index in [2.05, 4.69) is 15.3 Å². The van der Waals surface area contributed by atoms with E-state index in [-0.39, 0.29) is 17.6 Å². The highest BCUT2D eigenvalue weighted by molar-refractivity contribution is 6.30.